The van der Waals surface area contributed by atoms with Gasteiger partial charge in [-0.25, -0.2) is 4.39 Å². The molecule has 0 aromatic heterocycles. The van der Waals surface area contributed by atoms with Gasteiger partial charge in [-0.15, -0.1) is 0 Å². The monoisotopic (exact) mass is 269 g/mol. The lowest BCUT2D eigenvalue weighted by Crippen LogP contribution is -2.30. The summed E-state index contributed by atoms with van der Waals surface area (Å²) in [7, 11) is 0. The summed E-state index contributed by atoms with van der Waals surface area (Å²) in [6.45, 7) is 0.760. The molecule has 1 fully saturated rings. The summed E-state index contributed by atoms with van der Waals surface area (Å²) in [4.78, 5) is 14.4. The van der Waals surface area contributed by atoms with Gasteiger partial charge in [0.05, 0.1) is 6.04 Å². The van der Waals surface area contributed by atoms with Crippen molar-refractivity contribution in [3.63, 3.8) is 0 Å². The lowest BCUT2D eigenvalue weighted by Gasteiger charge is -2.25. The van der Waals surface area contributed by atoms with E-state index in [1.54, 1.807) is 12.1 Å². The van der Waals surface area contributed by atoms with Gasteiger partial charge >= 0.3 is 0 Å². The van der Waals surface area contributed by atoms with Crippen LogP contribution in [0.4, 0.5) is 4.39 Å². The minimum atomic E-state index is -0.243. The molecular weight excluding hydrogens is 253 g/mol. The zero-order valence-corrected chi connectivity index (χ0v) is 11.1. The number of nitrogens with zero attached hydrogens (tertiary/aromatic N) is 1. The number of likely N-dealkylation sites (tertiary alicyclic amines) is 1. The van der Waals surface area contributed by atoms with Gasteiger partial charge in [-0.2, -0.15) is 0 Å². The predicted molar refractivity (Wildman–Crippen MR) is 75.9 cm³/mol. The molecule has 1 aliphatic heterocycles. The Bertz CT molecular complexity index is 594. The van der Waals surface area contributed by atoms with Gasteiger partial charge in [-0.3, -0.25) is 4.79 Å². The molecule has 0 bridgehead atoms. The minimum absolute atomic E-state index is 0.0532. The Balaban J connectivity index is 1.86. The molecule has 1 atom stereocenters. The Hall–Kier alpha value is -2.16. The maximum Gasteiger partial charge on any atom is 0.254 e. The first kappa shape index (κ1) is 12.9. The normalized spacial score (nSPS) is 18.2. The first-order valence-corrected chi connectivity index (χ1v) is 6.87. The second-order valence-corrected chi connectivity index (χ2v) is 5.07. The number of carbonyl (C=O) groups excluding carboxylic acids is 1. The Morgan fingerprint density at radius 2 is 1.75 bits per heavy atom. The van der Waals surface area contributed by atoms with Crippen molar-refractivity contribution in [2.24, 2.45) is 0 Å². The van der Waals surface area contributed by atoms with Crippen LogP contribution in [0.2, 0.25) is 0 Å². The Morgan fingerprint density at radius 1 is 1.05 bits per heavy atom. The van der Waals surface area contributed by atoms with Gasteiger partial charge in [0, 0.05) is 12.1 Å². The van der Waals surface area contributed by atoms with E-state index in [-0.39, 0.29) is 17.8 Å². The Kier molecular flexibility index (Phi) is 3.50. The van der Waals surface area contributed by atoms with Crippen molar-refractivity contribution >= 4 is 5.91 Å². The maximum atomic E-state index is 13.0. The summed E-state index contributed by atoms with van der Waals surface area (Å²) >= 11 is 0. The molecule has 3 rings (SSSR count). The van der Waals surface area contributed by atoms with Gasteiger partial charge < -0.3 is 4.90 Å². The van der Waals surface area contributed by atoms with Crippen LogP contribution in [0.1, 0.15) is 34.8 Å². The molecule has 0 spiro atoms. The van der Waals surface area contributed by atoms with E-state index in [1.165, 1.54) is 12.1 Å². The average Bonchev–Trinajstić information content (AvgIpc) is 2.97. The zero-order chi connectivity index (χ0) is 13.9. The predicted octanol–water partition coefficient (Wildman–Crippen LogP) is 3.80. The number of hydrogen-bond donors (Lipinski definition) is 0. The second kappa shape index (κ2) is 5.45. The Morgan fingerprint density at radius 3 is 2.45 bits per heavy atom. The molecule has 0 radical (unpaired) electrons. The van der Waals surface area contributed by atoms with Crippen LogP contribution < -0.4 is 0 Å². The second-order valence-electron chi connectivity index (χ2n) is 5.07. The largest absolute Gasteiger partial charge is 0.332 e. The topological polar surface area (TPSA) is 20.3 Å². The van der Waals surface area contributed by atoms with Crippen LogP contribution in [0.5, 0.6) is 0 Å². The summed E-state index contributed by atoms with van der Waals surface area (Å²) in [6, 6.07) is 15.8. The molecule has 20 heavy (non-hydrogen) atoms. The third kappa shape index (κ3) is 2.44. The van der Waals surface area contributed by atoms with Crippen molar-refractivity contribution < 1.29 is 9.18 Å². The quantitative estimate of drug-likeness (QED) is 0.812. The van der Waals surface area contributed by atoms with Gasteiger partial charge in [0.25, 0.3) is 5.91 Å². The first-order chi connectivity index (χ1) is 9.75. The summed E-state index contributed by atoms with van der Waals surface area (Å²) < 4.78 is 13.0. The summed E-state index contributed by atoms with van der Waals surface area (Å²) in [5, 5.41) is 0. The fourth-order valence-corrected chi connectivity index (χ4v) is 2.79. The summed E-state index contributed by atoms with van der Waals surface area (Å²) in [5.41, 5.74) is 1.72. The molecule has 0 aliphatic carbocycles. The highest BCUT2D eigenvalue weighted by Gasteiger charge is 2.30. The highest BCUT2D eigenvalue weighted by Crippen LogP contribution is 2.33. The maximum absolute atomic E-state index is 13.0. The van der Waals surface area contributed by atoms with Crippen molar-refractivity contribution in [1.29, 1.82) is 0 Å². The number of halogens is 1. The van der Waals surface area contributed by atoms with Gasteiger partial charge in [-0.1, -0.05) is 30.3 Å². The van der Waals surface area contributed by atoms with Crippen LogP contribution in [-0.4, -0.2) is 17.4 Å². The molecule has 102 valence electrons. The van der Waals surface area contributed by atoms with Gasteiger partial charge in [0.1, 0.15) is 5.82 Å². The molecule has 0 N–H and O–H groups in total. The van der Waals surface area contributed by atoms with E-state index in [0.717, 1.165) is 24.9 Å². The molecule has 2 aromatic carbocycles. The molecule has 1 heterocycles. The highest BCUT2D eigenvalue weighted by molar-refractivity contribution is 5.94. The fourth-order valence-electron chi connectivity index (χ4n) is 2.79. The fraction of sp³-hybridized carbons (Fsp3) is 0.235. The van der Waals surface area contributed by atoms with E-state index in [4.69, 9.17) is 0 Å². The summed E-state index contributed by atoms with van der Waals surface area (Å²) in [6.07, 6.45) is 1.92. The number of amides is 1. The molecular formula is C17H16FNO. The third-order valence-electron chi connectivity index (χ3n) is 3.79. The average molecular weight is 269 g/mol. The van der Waals surface area contributed by atoms with E-state index in [2.05, 4.69) is 0 Å². The first-order valence-electron chi connectivity index (χ1n) is 6.87. The minimum Gasteiger partial charge on any atom is -0.332 e. The van der Waals surface area contributed by atoms with Crippen LogP contribution in [0, 0.1) is 5.82 Å². The van der Waals surface area contributed by atoms with Crippen LogP contribution >= 0.6 is 0 Å². The lowest BCUT2D eigenvalue weighted by molar-refractivity contribution is 0.0735. The molecule has 2 aromatic rings. The van der Waals surface area contributed by atoms with E-state index in [9.17, 15) is 9.18 Å². The number of carbonyl (C=O) groups is 1. The molecule has 1 amide bonds. The van der Waals surface area contributed by atoms with E-state index >= 15 is 0 Å². The van der Waals surface area contributed by atoms with Crippen LogP contribution in [0.15, 0.2) is 54.6 Å². The van der Waals surface area contributed by atoms with Crippen molar-refractivity contribution in [2.75, 3.05) is 6.54 Å². The third-order valence-corrected chi connectivity index (χ3v) is 3.79. The standard InChI is InChI=1S/C17H16FNO/c18-15-10-8-13(9-11-15)16-7-4-12-19(16)17(20)14-5-2-1-3-6-14/h1-3,5-6,8-11,16H,4,7,12H2/t16-/m0/s1. The van der Waals surface area contributed by atoms with Crippen LogP contribution in [0.25, 0.3) is 0 Å². The van der Waals surface area contributed by atoms with Gasteiger partial charge in [0.2, 0.25) is 0 Å². The SMILES string of the molecule is O=C(c1ccccc1)N1CCC[C@H]1c1ccc(F)cc1. The number of benzene rings is 2. The van der Waals surface area contributed by atoms with Crippen LogP contribution in [-0.2, 0) is 0 Å². The summed E-state index contributed by atoms with van der Waals surface area (Å²) in [5.74, 6) is -0.190. The number of hydrogen-bond acceptors (Lipinski definition) is 1. The van der Waals surface area contributed by atoms with Crippen molar-refractivity contribution in [2.45, 2.75) is 18.9 Å². The van der Waals surface area contributed by atoms with Crippen molar-refractivity contribution in [3.8, 4) is 0 Å². The van der Waals surface area contributed by atoms with E-state index < -0.39 is 0 Å². The molecule has 1 saturated heterocycles. The molecule has 0 saturated carbocycles. The molecule has 2 nitrogen and oxygen atoms in total. The zero-order valence-electron chi connectivity index (χ0n) is 11.1. The highest BCUT2D eigenvalue weighted by atomic mass is 19.1. The Labute approximate surface area is 117 Å². The van der Waals surface area contributed by atoms with E-state index in [1.807, 2.05) is 35.2 Å². The van der Waals surface area contributed by atoms with Gasteiger partial charge in [0.15, 0.2) is 0 Å². The van der Waals surface area contributed by atoms with Crippen molar-refractivity contribution in [3.05, 3.63) is 71.5 Å². The molecule has 1 aliphatic rings. The van der Waals surface area contributed by atoms with Crippen molar-refractivity contribution in [1.82, 2.24) is 4.90 Å². The van der Waals surface area contributed by atoms with Crippen LogP contribution in [0.3, 0.4) is 0 Å². The van der Waals surface area contributed by atoms with Gasteiger partial charge in [-0.05, 0) is 42.7 Å². The molecule has 3 heteroatoms. The molecule has 0 unspecified atom stereocenters. The lowest BCUT2D eigenvalue weighted by atomic mass is 10.0. The smallest absolute Gasteiger partial charge is 0.254 e. The number of rotatable bonds is 2. The van der Waals surface area contributed by atoms with E-state index in [0.29, 0.717) is 5.56 Å².